The summed E-state index contributed by atoms with van der Waals surface area (Å²) < 4.78 is 4.98. The molecule has 2 heterocycles. The van der Waals surface area contributed by atoms with Crippen molar-refractivity contribution in [2.24, 2.45) is 0 Å². The Labute approximate surface area is 88.5 Å². The lowest BCUT2D eigenvalue weighted by Gasteiger charge is -2.30. The summed E-state index contributed by atoms with van der Waals surface area (Å²) in [5.74, 6) is -0.733. The molecule has 1 atom stereocenters. The lowest BCUT2D eigenvalue weighted by molar-refractivity contribution is -0.148. The molecule has 2 rings (SSSR count). The van der Waals surface area contributed by atoms with Crippen molar-refractivity contribution in [3.05, 3.63) is 24.2 Å². The third-order valence-electron chi connectivity index (χ3n) is 3.20. The molecule has 82 valence electrons. The molecule has 1 N–H and O–H groups in total. The van der Waals surface area contributed by atoms with E-state index in [1.165, 1.54) is 0 Å². The smallest absolute Gasteiger partial charge is 0.323 e. The maximum atomic E-state index is 11.2. The highest BCUT2D eigenvalue weighted by molar-refractivity contribution is 5.78. The highest BCUT2D eigenvalue weighted by Crippen LogP contribution is 2.30. The van der Waals surface area contributed by atoms with Gasteiger partial charge < -0.3 is 9.52 Å². The van der Waals surface area contributed by atoms with Crippen LogP contribution in [0, 0.1) is 0 Å². The molecule has 4 heteroatoms. The number of furan rings is 1. The molecular weight excluding hydrogens is 194 g/mol. The fourth-order valence-electron chi connectivity index (χ4n) is 2.12. The van der Waals surface area contributed by atoms with E-state index >= 15 is 0 Å². The molecule has 1 unspecified atom stereocenters. The van der Waals surface area contributed by atoms with Crippen molar-refractivity contribution in [2.75, 3.05) is 6.54 Å². The first-order valence-corrected chi connectivity index (χ1v) is 5.12. The Balaban J connectivity index is 2.12. The minimum absolute atomic E-state index is 0.652. The summed E-state index contributed by atoms with van der Waals surface area (Å²) in [7, 11) is 0. The lowest BCUT2D eigenvalue weighted by atomic mass is 9.99. The van der Waals surface area contributed by atoms with Crippen molar-refractivity contribution in [3.8, 4) is 0 Å². The fourth-order valence-corrected chi connectivity index (χ4v) is 2.12. The van der Waals surface area contributed by atoms with Crippen molar-refractivity contribution < 1.29 is 14.3 Å². The normalized spacial score (nSPS) is 27.0. The van der Waals surface area contributed by atoms with Gasteiger partial charge in [-0.1, -0.05) is 0 Å². The number of rotatable bonds is 3. The van der Waals surface area contributed by atoms with Crippen molar-refractivity contribution in [1.82, 2.24) is 4.90 Å². The lowest BCUT2D eigenvalue weighted by Crippen LogP contribution is -2.47. The number of hydrogen-bond donors (Lipinski definition) is 1. The molecule has 1 aliphatic heterocycles. The summed E-state index contributed by atoms with van der Waals surface area (Å²) in [6.45, 7) is 3.29. The highest BCUT2D eigenvalue weighted by Gasteiger charge is 2.43. The van der Waals surface area contributed by atoms with Gasteiger partial charge in [-0.2, -0.15) is 0 Å². The largest absolute Gasteiger partial charge is 0.480 e. The molecule has 4 nitrogen and oxygen atoms in total. The molecule has 0 radical (unpaired) electrons. The molecule has 1 saturated heterocycles. The van der Waals surface area contributed by atoms with Crippen LogP contribution < -0.4 is 0 Å². The minimum Gasteiger partial charge on any atom is -0.480 e. The zero-order chi connectivity index (χ0) is 10.9. The molecular formula is C11H15NO3. The summed E-state index contributed by atoms with van der Waals surface area (Å²) in [5, 5.41) is 9.21. The van der Waals surface area contributed by atoms with Gasteiger partial charge in [0, 0.05) is 12.1 Å². The van der Waals surface area contributed by atoms with E-state index in [1.54, 1.807) is 19.5 Å². The second kappa shape index (κ2) is 3.70. The van der Waals surface area contributed by atoms with Gasteiger partial charge in [-0.3, -0.25) is 9.69 Å². The van der Waals surface area contributed by atoms with E-state index in [0.29, 0.717) is 6.54 Å². The number of carbonyl (C=O) groups is 1. The zero-order valence-corrected chi connectivity index (χ0v) is 8.77. The number of nitrogens with zero attached hydrogens (tertiary/aromatic N) is 1. The van der Waals surface area contributed by atoms with Gasteiger partial charge in [-0.25, -0.2) is 0 Å². The Bertz CT molecular complexity index is 347. The summed E-state index contributed by atoms with van der Waals surface area (Å²) in [6, 6.07) is 1.88. The molecule has 0 bridgehead atoms. The van der Waals surface area contributed by atoms with E-state index in [9.17, 15) is 9.90 Å². The predicted octanol–water partition coefficient (Wildman–Crippen LogP) is 1.72. The number of carboxylic acids is 1. The fraction of sp³-hybridized carbons (Fsp3) is 0.545. The van der Waals surface area contributed by atoms with Crippen LogP contribution in [0.15, 0.2) is 23.0 Å². The Hall–Kier alpha value is -1.29. The van der Waals surface area contributed by atoms with E-state index in [1.807, 2.05) is 11.0 Å². The van der Waals surface area contributed by atoms with E-state index < -0.39 is 11.5 Å². The van der Waals surface area contributed by atoms with Crippen LogP contribution in [-0.4, -0.2) is 28.1 Å². The second-order valence-electron chi connectivity index (χ2n) is 4.24. The molecule has 0 aromatic carbocycles. The molecule has 15 heavy (non-hydrogen) atoms. The number of hydrogen-bond acceptors (Lipinski definition) is 3. The molecule has 0 spiro atoms. The van der Waals surface area contributed by atoms with Gasteiger partial charge in [-0.05, 0) is 32.4 Å². The molecule has 0 saturated carbocycles. The van der Waals surface area contributed by atoms with Crippen molar-refractivity contribution in [1.29, 1.82) is 0 Å². The average Bonchev–Trinajstić information content (AvgIpc) is 2.78. The SMILES string of the molecule is CC1(C(=O)O)CCCN1Cc1ccoc1. The van der Waals surface area contributed by atoms with Gasteiger partial charge in [0.1, 0.15) is 5.54 Å². The van der Waals surface area contributed by atoms with Crippen molar-refractivity contribution in [3.63, 3.8) is 0 Å². The first-order chi connectivity index (χ1) is 7.13. The van der Waals surface area contributed by atoms with E-state index in [4.69, 9.17) is 4.42 Å². The van der Waals surface area contributed by atoms with Gasteiger partial charge in [-0.15, -0.1) is 0 Å². The maximum Gasteiger partial charge on any atom is 0.323 e. The molecule has 1 aliphatic rings. The molecule has 0 aliphatic carbocycles. The minimum atomic E-state index is -0.733. The van der Waals surface area contributed by atoms with Gasteiger partial charge in [0.2, 0.25) is 0 Å². The Morgan fingerprint density at radius 3 is 3.13 bits per heavy atom. The third kappa shape index (κ3) is 1.77. The van der Waals surface area contributed by atoms with Crippen LogP contribution in [0.3, 0.4) is 0 Å². The highest BCUT2D eigenvalue weighted by atomic mass is 16.4. The van der Waals surface area contributed by atoms with Crippen LogP contribution in [0.4, 0.5) is 0 Å². The zero-order valence-electron chi connectivity index (χ0n) is 8.77. The first kappa shape index (κ1) is 10.2. The molecule has 1 aromatic heterocycles. The van der Waals surface area contributed by atoms with Crippen LogP contribution in [0.5, 0.6) is 0 Å². The average molecular weight is 209 g/mol. The monoisotopic (exact) mass is 209 g/mol. The van der Waals surface area contributed by atoms with Crippen molar-refractivity contribution >= 4 is 5.97 Å². The molecule has 1 aromatic rings. The number of carboxylic acid groups (broad SMARTS) is 1. The van der Waals surface area contributed by atoms with Crippen LogP contribution in [-0.2, 0) is 11.3 Å². The summed E-state index contributed by atoms with van der Waals surface area (Å²) in [4.78, 5) is 13.2. The predicted molar refractivity (Wildman–Crippen MR) is 54.4 cm³/mol. The summed E-state index contributed by atoms with van der Waals surface area (Å²) in [5.41, 5.74) is 0.321. The third-order valence-corrected chi connectivity index (χ3v) is 3.20. The summed E-state index contributed by atoms with van der Waals surface area (Å²) >= 11 is 0. The molecule has 0 amide bonds. The number of likely N-dealkylation sites (tertiary alicyclic amines) is 1. The van der Waals surface area contributed by atoms with Crippen molar-refractivity contribution in [2.45, 2.75) is 31.8 Å². The van der Waals surface area contributed by atoms with Crippen LogP contribution in [0.25, 0.3) is 0 Å². The van der Waals surface area contributed by atoms with E-state index in [0.717, 1.165) is 24.9 Å². The molecule has 1 fully saturated rings. The van der Waals surface area contributed by atoms with E-state index in [2.05, 4.69) is 0 Å². The van der Waals surface area contributed by atoms with Crippen LogP contribution in [0.2, 0.25) is 0 Å². The van der Waals surface area contributed by atoms with E-state index in [-0.39, 0.29) is 0 Å². The Kier molecular flexibility index (Phi) is 2.52. The summed E-state index contributed by atoms with van der Waals surface area (Å²) in [6.07, 6.45) is 4.95. The standard InChI is InChI=1S/C11H15NO3/c1-11(10(13)14)4-2-5-12(11)7-9-3-6-15-8-9/h3,6,8H,2,4-5,7H2,1H3,(H,13,14). The van der Waals surface area contributed by atoms with Crippen LogP contribution >= 0.6 is 0 Å². The Morgan fingerprint density at radius 2 is 2.53 bits per heavy atom. The van der Waals surface area contributed by atoms with Gasteiger partial charge in [0.05, 0.1) is 12.5 Å². The van der Waals surface area contributed by atoms with Crippen LogP contribution in [0.1, 0.15) is 25.3 Å². The number of aliphatic carboxylic acids is 1. The van der Waals surface area contributed by atoms with Gasteiger partial charge in [0.15, 0.2) is 0 Å². The van der Waals surface area contributed by atoms with Gasteiger partial charge in [0.25, 0.3) is 0 Å². The second-order valence-corrected chi connectivity index (χ2v) is 4.24. The van der Waals surface area contributed by atoms with Gasteiger partial charge >= 0.3 is 5.97 Å². The topological polar surface area (TPSA) is 53.7 Å². The first-order valence-electron chi connectivity index (χ1n) is 5.12. The Morgan fingerprint density at radius 1 is 1.73 bits per heavy atom. The quantitative estimate of drug-likeness (QED) is 0.823. The maximum absolute atomic E-state index is 11.2.